The molecule has 1 aromatic carbocycles. The number of hydrogen-bond acceptors (Lipinski definition) is 2. The maximum atomic E-state index is 12.1. The first-order chi connectivity index (χ1) is 8.31. The Bertz CT molecular complexity index is 600. The quantitative estimate of drug-likeness (QED) is 0.762. The third-order valence-corrected chi connectivity index (χ3v) is 3.96. The summed E-state index contributed by atoms with van der Waals surface area (Å²) in [6.07, 6.45) is 1.78. The van der Waals surface area contributed by atoms with E-state index in [2.05, 4.69) is 23.3 Å². The van der Waals surface area contributed by atoms with Crippen LogP contribution in [0.2, 0.25) is 0 Å². The van der Waals surface area contributed by atoms with Crippen LogP contribution in [0.15, 0.2) is 48.4 Å². The van der Waals surface area contributed by atoms with Gasteiger partial charge in [0.25, 0.3) is 5.91 Å². The molecule has 1 aliphatic heterocycles. The number of nitrogens with one attached hydrogen (secondary N) is 1. The van der Waals surface area contributed by atoms with E-state index in [0.717, 1.165) is 21.6 Å². The minimum absolute atomic E-state index is 0.0334. The molecule has 2 heterocycles. The fraction of sp³-hybridized carbons (Fsp3) is 0.0714. The van der Waals surface area contributed by atoms with E-state index in [0.29, 0.717) is 0 Å². The van der Waals surface area contributed by atoms with Crippen molar-refractivity contribution in [2.45, 2.75) is 6.04 Å². The predicted molar refractivity (Wildman–Crippen MR) is 70.2 cm³/mol. The summed E-state index contributed by atoms with van der Waals surface area (Å²) in [5.74, 6) is -0.0334. The van der Waals surface area contributed by atoms with Gasteiger partial charge in [-0.15, -0.1) is 17.9 Å². The van der Waals surface area contributed by atoms with Crippen molar-refractivity contribution in [3.63, 3.8) is 0 Å². The Hall–Kier alpha value is -1.87. The zero-order chi connectivity index (χ0) is 11.8. The molecule has 1 aliphatic rings. The van der Waals surface area contributed by atoms with Gasteiger partial charge in [-0.2, -0.15) is 0 Å². The minimum Gasteiger partial charge on any atom is -0.341 e. The number of hydrogen-bond donors (Lipinski definition) is 1. The number of fused-ring (bicyclic) bond motifs is 3. The smallest absolute Gasteiger partial charge is 0.252 e. The van der Waals surface area contributed by atoms with E-state index in [-0.39, 0.29) is 11.9 Å². The second-order valence-electron chi connectivity index (χ2n) is 3.93. The Morgan fingerprint density at radius 3 is 2.71 bits per heavy atom. The lowest BCUT2D eigenvalue weighted by Gasteiger charge is -2.10. The number of carbonyl (C=O) groups excluding carboxylic acids is 1. The van der Waals surface area contributed by atoms with Crippen LogP contribution in [-0.2, 0) is 0 Å². The van der Waals surface area contributed by atoms with Gasteiger partial charge in [0.1, 0.15) is 0 Å². The van der Waals surface area contributed by atoms with E-state index in [1.54, 1.807) is 17.4 Å². The molecular weight excluding hydrogens is 230 g/mol. The van der Waals surface area contributed by atoms with Gasteiger partial charge in [0.05, 0.1) is 6.04 Å². The first-order valence-corrected chi connectivity index (χ1v) is 6.29. The summed E-state index contributed by atoms with van der Waals surface area (Å²) in [4.78, 5) is 13.2. The molecule has 2 nitrogen and oxygen atoms in total. The van der Waals surface area contributed by atoms with Gasteiger partial charge in [0, 0.05) is 10.4 Å². The van der Waals surface area contributed by atoms with Crippen LogP contribution in [0.4, 0.5) is 0 Å². The first-order valence-electron chi connectivity index (χ1n) is 5.41. The molecule has 2 aromatic rings. The van der Waals surface area contributed by atoms with Gasteiger partial charge in [-0.3, -0.25) is 4.79 Å². The fourth-order valence-electron chi connectivity index (χ4n) is 2.15. The van der Waals surface area contributed by atoms with E-state index >= 15 is 0 Å². The number of thiophene rings is 1. The molecule has 0 radical (unpaired) electrons. The highest BCUT2D eigenvalue weighted by Gasteiger charge is 2.25. The molecule has 3 heteroatoms. The lowest BCUT2D eigenvalue weighted by Crippen LogP contribution is -2.25. The summed E-state index contributed by atoms with van der Waals surface area (Å²) in [5.41, 5.74) is 2.87. The predicted octanol–water partition coefficient (Wildman–Crippen LogP) is 3.39. The zero-order valence-corrected chi connectivity index (χ0v) is 9.96. The summed E-state index contributed by atoms with van der Waals surface area (Å²) in [5, 5.41) is 5.03. The van der Waals surface area contributed by atoms with Crippen molar-refractivity contribution in [3.05, 3.63) is 58.8 Å². The van der Waals surface area contributed by atoms with Gasteiger partial charge >= 0.3 is 0 Å². The van der Waals surface area contributed by atoms with Gasteiger partial charge in [0.2, 0.25) is 0 Å². The number of amides is 1. The molecule has 3 rings (SSSR count). The molecule has 17 heavy (non-hydrogen) atoms. The van der Waals surface area contributed by atoms with Crippen LogP contribution in [0.3, 0.4) is 0 Å². The van der Waals surface area contributed by atoms with E-state index in [9.17, 15) is 4.79 Å². The molecule has 0 fully saturated rings. The highest BCUT2D eigenvalue weighted by molar-refractivity contribution is 7.10. The Kier molecular flexibility index (Phi) is 2.34. The van der Waals surface area contributed by atoms with E-state index < -0.39 is 0 Å². The third-order valence-electron chi connectivity index (χ3n) is 2.96. The second kappa shape index (κ2) is 3.86. The van der Waals surface area contributed by atoms with Crippen LogP contribution < -0.4 is 5.32 Å². The minimum atomic E-state index is -0.0927. The van der Waals surface area contributed by atoms with Crippen LogP contribution in [-0.4, -0.2) is 5.91 Å². The molecule has 84 valence electrons. The number of benzene rings is 1. The summed E-state index contributed by atoms with van der Waals surface area (Å²) in [6.45, 7) is 3.79. The Morgan fingerprint density at radius 1 is 1.18 bits per heavy atom. The van der Waals surface area contributed by atoms with Crippen LogP contribution in [0.25, 0.3) is 11.1 Å². The fourth-order valence-corrected chi connectivity index (χ4v) is 3.11. The molecule has 1 atom stereocenters. The van der Waals surface area contributed by atoms with E-state index in [4.69, 9.17) is 0 Å². The average molecular weight is 241 g/mol. The molecule has 1 unspecified atom stereocenters. The molecular formula is C14H11NOS. The monoisotopic (exact) mass is 241 g/mol. The van der Waals surface area contributed by atoms with Gasteiger partial charge < -0.3 is 5.32 Å². The van der Waals surface area contributed by atoms with E-state index in [1.807, 2.05) is 24.3 Å². The summed E-state index contributed by atoms with van der Waals surface area (Å²) in [6, 6.07) is 9.67. The topological polar surface area (TPSA) is 29.1 Å². The van der Waals surface area contributed by atoms with Crippen molar-refractivity contribution in [2.24, 2.45) is 0 Å². The lowest BCUT2D eigenvalue weighted by atomic mass is 10.0. The van der Waals surface area contributed by atoms with Crippen molar-refractivity contribution < 1.29 is 4.79 Å². The SMILES string of the molecule is C=CC1NC(=O)c2ccccc2-c2ccsc21. The van der Waals surface area contributed by atoms with Crippen molar-refractivity contribution in [1.82, 2.24) is 5.32 Å². The first kappa shape index (κ1) is 10.3. The number of carbonyl (C=O) groups is 1. The highest BCUT2D eigenvalue weighted by atomic mass is 32.1. The van der Waals surface area contributed by atoms with Crippen molar-refractivity contribution in [2.75, 3.05) is 0 Å². The van der Waals surface area contributed by atoms with Crippen LogP contribution >= 0.6 is 11.3 Å². The molecule has 1 amide bonds. The Balaban J connectivity index is 2.30. The summed E-state index contributed by atoms with van der Waals surface area (Å²) in [7, 11) is 0. The van der Waals surface area contributed by atoms with Crippen LogP contribution in [0, 0.1) is 0 Å². The van der Waals surface area contributed by atoms with Crippen LogP contribution in [0.5, 0.6) is 0 Å². The lowest BCUT2D eigenvalue weighted by molar-refractivity contribution is 0.0947. The Labute approximate surface area is 104 Å². The zero-order valence-electron chi connectivity index (χ0n) is 9.14. The molecule has 0 saturated heterocycles. The van der Waals surface area contributed by atoms with Crippen LogP contribution in [0.1, 0.15) is 21.3 Å². The van der Waals surface area contributed by atoms with Gasteiger partial charge in [-0.05, 0) is 28.6 Å². The Morgan fingerprint density at radius 2 is 1.94 bits per heavy atom. The normalized spacial score (nSPS) is 17.6. The molecule has 0 bridgehead atoms. The summed E-state index contributed by atoms with van der Waals surface area (Å²) >= 11 is 1.65. The number of rotatable bonds is 1. The summed E-state index contributed by atoms with van der Waals surface area (Å²) < 4.78 is 0. The molecule has 1 N–H and O–H groups in total. The van der Waals surface area contributed by atoms with Gasteiger partial charge in [-0.1, -0.05) is 24.3 Å². The molecule has 0 spiro atoms. The molecule has 0 saturated carbocycles. The average Bonchev–Trinajstić information content (AvgIpc) is 2.80. The largest absolute Gasteiger partial charge is 0.341 e. The molecule has 0 aliphatic carbocycles. The van der Waals surface area contributed by atoms with Crippen molar-refractivity contribution in [3.8, 4) is 11.1 Å². The molecule has 1 aromatic heterocycles. The van der Waals surface area contributed by atoms with Crippen molar-refractivity contribution >= 4 is 17.2 Å². The maximum absolute atomic E-state index is 12.1. The van der Waals surface area contributed by atoms with Crippen molar-refractivity contribution in [1.29, 1.82) is 0 Å². The van der Waals surface area contributed by atoms with E-state index in [1.165, 1.54) is 0 Å². The highest BCUT2D eigenvalue weighted by Crippen LogP contribution is 2.37. The second-order valence-corrected chi connectivity index (χ2v) is 4.88. The standard InChI is InChI=1S/C14H11NOS/c1-2-12-13-10(7-8-17-13)9-5-3-4-6-11(9)14(16)15-12/h2-8,12H,1H2,(H,15,16). The third kappa shape index (κ3) is 1.51. The van der Waals surface area contributed by atoms with Gasteiger partial charge in [-0.25, -0.2) is 0 Å². The van der Waals surface area contributed by atoms with Gasteiger partial charge in [0.15, 0.2) is 0 Å². The maximum Gasteiger partial charge on any atom is 0.252 e.